The summed E-state index contributed by atoms with van der Waals surface area (Å²) >= 11 is 0. The van der Waals surface area contributed by atoms with Crippen LogP contribution in [-0.2, 0) is 0 Å². The first-order valence-electron chi connectivity index (χ1n) is 10.9. The minimum atomic E-state index is -0.0579. The van der Waals surface area contributed by atoms with Crippen molar-refractivity contribution in [3.8, 4) is 0 Å². The van der Waals surface area contributed by atoms with Crippen LogP contribution in [0.25, 0.3) is 10.8 Å². The molecule has 3 fully saturated rings. The first-order chi connectivity index (χ1) is 13.7. The molecule has 148 valence electrons. The number of likely N-dealkylation sites (tertiary alicyclic amines) is 1. The molecule has 0 aliphatic carbocycles. The molecule has 3 aliphatic heterocycles. The molecule has 1 aromatic heterocycles. The van der Waals surface area contributed by atoms with Gasteiger partial charge in [0.15, 0.2) is 0 Å². The van der Waals surface area contributed by atoms with Crippen molar-refractivity contribution in [3.63, 3.8) is 0 Å². The Bertz CT molecular complexity index is 841. The number of hydrogen-bond acceptors (Lipinski definition) is 4. The zero-order valence-corrected chi connectivity index (χ0v) is 16.4. The number of carbonyl (C=O) groups is 1. The monoisotopic (exact) mass is 378 g/mol. The number of benzene rings is 1. The van der Waals surface area contributed by atoms with Crippen molar-refractivity contribution in [2.75, 3.05) is 19.6 Å². The van der Waals surface area contributed by atoms with Gasteiger partial charge in [0.2, 0.25) is 0 Å². The Kier molecular flexibility index (Phi) is 5.03. The van der Waals surface area contributed by atoms with Crippen LogP contribution >= 0.6 is 0 Å². The Balaban J connectivity index is 1.17. The van der Waals surface area contributed by atoms with Crippen LogP contribution in [0.3, 0.4) is 0 Å². The number of rotatable bonds is 5. The molecule has 1 aromatic carbocycles. The highest BCUT2D eigenvalue weighted by Gasteiger charge is 2.35. The van der Waals surface area contributed by atoms with Crippen LogP contribution in [0.4, 0.5) is 0 Å². The Labute approximate surface area is 166 Å². The molecule has 2 aromatic rings. The van der Waals surface area contributed by atoms with Crippen LogP contribution in [0.2, 0.25) is 0 Å². The molecule has 4 heterocycles. The van der Waals surface area contributed by atoms with Crippen molar-refractivity contribution < 1.29 is 4.79 Å². The fourth-order valence-electron chi connectivity index (χ4n) is 5.53. The smallest absolute Gasteiger partial charge is 0.269 e. The molecule has 0 spiro atoms. The zero-order valence-electron chi connectivity index (χ0n) is 16.4. The summed E-state index contributed by atoms with van der Waals surface area (Å²) in [6, 6.07) is 11.9. The Morgan fingerprint density at radius 2 is 1.93 bits per heavy atom. The first kappa shape index (κ1) is 18.1. The topological polar surface area (TPSA) is 57.3 Å². The number of hydrogen-bond donors (Lipinski definition) is 2. The second kappa shape index (κ2) is 7.80. The summed E-state index contributed by atoms with van der Waals surface area (Å²) in [6.45, 7) is 3.10. The minimum Gasteiger partial charge on any atom is -0.349 e. The maximum atomic E-state index is 12.6. The van der Waals surface area contributed by atoms with E-state index in [0.29, 0.717) is 11.7 Å². The predicted molar refractivity (Wildman–Crippen MR) is 111 cm³/mol. The number of aromatic nitrogens is 1. The van der Waals surface area contributed by atoms with Crippen molar-refractivity contribution in [2.24, 2.45) is 5.92 Å². The van der Waals surface area contributed by atoms with Gasteiger partial charge in [-0.05, 0) is 62.4 Å². The molecule has 5 heteroatoms. The second-order valence-corrected chi connectivity index (χ2v) is 8.89. The molecule has 2 bridgehead atoms. The van der Waals surface area contributed by atoms with Gasteiger partial charge < -0.3 is 10.6 Å². The zero-order chi connectivity index (χ0) is 18.9. The lowest BCUT2D eigenvalue weighted by Gasteiger charge is -2.34. The van der Waals surface area contributed by atoms with Gasteiger partial charge in [-0.15, -0.1) is 0 Å². The Morgan fingerprint density at radius 3 is 2.75 bits per heavy atom. The van der Waals surface area contributed by atoms with Crippen molar-refractivity contribution in [2.45, 2.75) is 56.7 Å². The number of amides is 1. The van der Waals surface area contributed by atoms with Crippen molar-refractivity contribution in [3.05, 3.63) is 42.2 Å². The summed E-state index contributed by atoms with van der Waals surface area (Å²) in [5.74, 6) is 0.759. The highest BCUT2D eigenvalue weighted by Crippen LogP contribution is 2.32. The molecule has 28 heavy (non-hydrogen) atoms. The molecule has 5 rings (SSSR count). The molecular formula is C23H30N4O. The summed E-state index contributed by atoms with van der Waals surface area (Å²) in [5.41, 5.74) is 0.512. The highest BCUT2D eigenvalue weighted by molar-refractivity contribution is 5.96. The fraction of sp³-hybridized carbons (Fsp3) is 0.565. The summed E-state index contributed by atoms with van der Waals surface area (Å²) in [7, 11) is 0. The normalized spacial score (nSPS) is 30.0. The van der Waals surface area contributed by atoms with E-state index in [1.165, 1.54) is 51.6 Å². The van der Waals surface area contributed by atoms with Gasteiger partial charge in [0.25, 0.3) is 5.91 Å². The third-order valence-corrected chi connectivity index (χ3v) is 6.92. The van der Waals surface area contributed by atoms with E-state index in [0.717, 1.165) is 35.3 Å². The average molecular weight is 379 g/mol. The lowest BCUT2D eigenvalue weighted by atomic mass is 9.92. The maximum absolute atomic E-state index is 12.6. The van der Waals surface area contributed by atoms with Gasteiger partial charge in [-0.2, -0.15) is 0 Å². The summed E-state index contributed by atoms with van der Waals surface area (Å²) < 4.78 is 0. The number of nitrogens with zero attached hydrogens (tertiary/aromatic N) is 2. The number of pyridine rings is 1. The van der Waals surface area contributed by atoms with Gasteiger partial charge in [-0.3, -0.25) is 14.7 Å². The molecule has 4 atom stereocenters. The largest absolute Gasteiger partial charge is 0.349 e. The second-order valence-electron chi connectivity index (χ2n) is 8.89. The highest BCUT2D eigenvalue weighted by atomic mass is 16.1. The fourth-order valence-corrected chi connectivity index (χ4v) is 5.53. The summed E-state index contributed by atoms with van der Waals surface area (Å²) in [4.78, 5) is 19.6. The number of piperidine rings is 1. The van der Waals surface area contributed by atoms with Crippen molar-refractivity contribution in [1.82, 2.24) is 20.5 Å². The van der Waals surface area contributed by atoms with E-state index in [9.17, 15) is 4.79 Å². The molecule has 5 nitrogen and oxygen atoms in total. The van der Waals surface area contributed by atoms with Gasteiger partial charge in [-0.1, -0.05) is 24.3 Å². The predicted octanol–water partition coefficient (Wildman–Crippen LogP) is 2.96. The van der Waals surface area contributed by atoms with Gasteiger partial charge in [0.1, 0.15) is 5.69 Å². The van der Waals surface area contributed by atoms with E-state index in [2.05, 4.69) is 20.5 Å². The molecule has 1 amide bonds. The van der Waals surface area contributed by atoms with Crippen molar-refractivity contribution in [1.29, 1.82) is 0 Å². The Morgan fingerprint density at radius 1 is 1.14 bits per heavy atom. The van der Waals surface area contributed by atoms with Crippen LogP contribution in [0.5, 0.6) is 0 Å². The van der Waals surface area contributed by atoms with Crippen LogP contribution in [0.1, 0.15) is 49.0 Å². The molecule has 0 radical (unpaired) electrons. The van der Waals surface area contributed by atoms with E-state index >= 15 is 0 Å². The number of fused-ring (bicyclic) bond motifs is 3. The van der Waals surface area contributed by atoms with Crippen LogP contribution < -0.4 is 10.6 Å². The lowest BCUT2D eigenvalue weighted by Crippen LogP contribution is -2.46. The molecular weight excluding hydrogens is 348 g/mol. The van der Waals surface area contributed by atoms with Gasteiger partial charge in [-0.25, -0.2) is 0 Å². The molecule has 0 saturated carbocycles. The maximum Gasteiger partial charge on any atom is 0.269 e. The number of carbonyl (C=O) groups excluding carboxylic acids is 1. The minimum absolute atomic E-state index is 0.0579. The van der Waals surface area contributed by atoms with E-state index in [4.69, 9.17) is 0 Å². The van der Waals surface area contributed by atoms with Crippen LogP contribution in [-0.4, -0.2) is 53.6 Å². The third kappa shape index (κ3) is 3.78. The summed E-state index contributed by atoms with van der Waals surface area (Å²) in [5, 5.41) is 9.02. The van der Waals surface area contributed by atoms with E-state index in [1.54, 1.807) is 6.20 Å². The van der Waals surface area contributed by atoms with Gasteiger partial charge in [0.05, 0.1) is 0 Å². The molecule has 3 saturated heterocycles. The average Bonchev–Trinajstić information content (AvgIpc) is 3.31. The molecule has 3 aliphatic rings. The van der Waals surface area contributed by atoms with Crippen LogP contribution in [0.15, 0.2) is 36.5 Å². The van der Waals surface area contributed by atoms with Crippen molar-refractivity contribution >= 4 is 16.7 Å². The van der Waals surface area contributed by atoms with Gasteiger partial charge in [0, 0.05) is 42.8 Å². The summed E-state index contributed by atoms with van der Waals surface area (Å²) in [6.07, 6.45) is 9.59. The quantitative estimate of drug-likeness (QED) is 0.840. The molecule has 2 N–H and O–H groups in total. The standard InChI is InChI=1S/C23H30N4O/c28-23(22-12-17-4-1-2-5-18(17)13-24-22)25-14-21-6-3-9-27(21)15-16-10-19-7-8-20(11-16)26-19/h1-2,4-5,12-13,16,19-21,26H,3,6-11,14-15H2,(H,25,28)/t16?,19-,20+,21-/m0/s1. The lowest BCUT2D eigenvalue weighted by molar-refractivity contribution is 0.0931. The van der Waals surface area contributed by atoms with Gasteiger partial charge >= 0.3 is 0 Å². The van der Waals surface area contributed by atoms with E-state index < -0.39 is 0 Å². The van der Waals surface area contributed by atoms with E-state index in [-0.39, 0.29) is 5.91 Å². The van der Waals surface area contributed by atoms with E-state index in [1.807, 2.05) is 30.3 Å². The SMILES string of the molecule is O=C(NC[C@@H]1CCCN1CC1C[C@H]2CC[C@@H](C1)N2)c1cc2ccccc2cn1. The Hall–Kier alpha value is -1.98. The molecule has 1 unspecified atom stereocenters. The number of nitrogens with one attached hydrogen (secondary N) is 2. The third-order valence-electron chi connectivity index (χ3n) is 6.92. The van der Waals surface area contributed by atoms with Crippen LogP contribution in [0, 0.1) is 5.92 Å². The first-order valence-corrected chi connectivity index (χ1v) is 10.9.